The summed E-state index contributed by atoms with van der Waals surface area (Å²) in [4.78, 5) is 47.8. The second-order valence-corrected chi connectivity index (χ2v) is 10.1. The first-order valence-electron chi connectivity index (χ1n) is 11.9. The number of halogens is 1. The Bertz CT molecular complexity index is 1150. The van der Waals surface area contributed by atoms with E-state index in [0.29, 0.717) is 42.6 Å². The molecule has 2 aromatic rings. The molecule has 0 spiro atoms. The third-order valence-corrected chi connectivity index (χ3v) is 7.09. The average molecular weight is 560 g/mol. The Morgan fingerprint density at radius 1 is 1.08 bits per heavy atom. The lowest BCUT2D eigenvalue weighted by Crippen LogP contribution is -2.47. The summed E-state index contributed by atoms with van der Waals surface area (Å²) >= 11 is 3.33. The number of pyridine rings is 1. The average Bonchev–Trinajstić information content (AvgIpc) is 2.89. The summed E-state index contributed by atoms with van der Waals surface area (Å²) in [7, 11) is 3.76. The van der Waals surface area contributed by atoms with Gasteiger partial charge in [0.2, 0.25) is 0 Å². The van der Waals surface area contributed by atoms with Gasteiger partial charge in [0.25, 0.3) is 17.5 Å². The van der Waals surface area contributed by atoms with Gasteiger partial charge in [-0.05, 0) is 32.0 Å². The lowest BCUT2D eigenvalue weighted by atomic mass is 10.0. The van der Waals surface area contributed by atoms with Crippen LogP contribution in [0.4, 0.5) is 17.1 Å². The predicted molar refractivity (Wildman–Crippen MR) is 141 cm³/mol. The molecule has 2 saturated heterocycles. The first-order chi connectivity index (χ1) is 17.3. The van der Waals surface area contributed by atoms with E-state index >= 15 is 0 Å². The highest BCUT2D eigenvalue weighted by Crippen LogP contribution is 2.35. The molecule has 3 heterocycles. The molecule has 11 nitrogen and oxygen atoms in total. The molecule has 36 heavy (non-hydrogen) atoms. The number of likely N-dealkylation sites (N-methyl/N-ethyl adjacent to an activating group) is 1. The highest BCUT2D eigenvalue weighted by Gasteiger charge is 2.31. The summed E-state index contributed by atoms with van der Waals surface area (Å²) in [6.45, 7) is 3.54. The molecule has 4 rings (SSSR count). The maximum atomic E-state index is 13.5. The number of carbonyl (C=O) groups is 2. The van der Waals surface area contributed by atoms with Crippen LogP contribution in [-0.2, 0) is 0 Å². The fraction of sp³-hybridized carbons (Fsp3) is 0.458. The highest BCUT2D eigenvalue weighted by atomic mass is 79.9. The number of anilines is 2. The molecule has 1 aromatic heterocycles. The zero-order chi connectivity index (χ0) is 25.8. The van der Waals surface area contributed by atoms with Crippen molar-refractivity contribution in [2.45, 2.75) is 18.9 Å². The number of rotatable bonds is 6. The quantitative estimate of drug-likeness (QED) is 0.409. The predicted octanol–water partition coefficient (Wildman–Crippen LogP) is 2.90. The van der Waals surface area contributed by atoms with Gasteiger partial charge in [0, 0.05) is 75.3 Å². The number of hydrogen-bond acceptors (Lipinski definition) is 8. The first-order valence-corrected chi connectivity index (χ1v) is 12.7. The molecule has 12 heteroatoms. The van der Waals surface area contributed by atoms with E-state index in [4.69, 9.17) is 0 Å². The van der Waals surface area contributed by atoms with Crippen LogP contribution in [0.25, 0.3) is 0 Å². The summed E-state index contributed by atoms with van der Waals surface area (Å²) in [5.74, 6) is -0.390. The van der Waals surface area contributed by atoms with E-state index in [1.807, 2.05) is 7.05 Å². The molecule has 192 valence electrons. The van der Waals surface area contributed by atoms with E-state index in [1.54, 1.807) is 35.2 Å². The Morgan fingerprint density at radius 2 is 1.83 bits per heavy atom. The Morgan fingerprint density at radius 3 is 2.53 bits per heavy atom. The summed E-state index contributed by atoms with van der Waals surface area (Å²) in [6.07, 6.45) is 4.62. The van der Waals surface area contributed by atoms with Crippen LogP contribution >= 0.6 is 15.9 Å². The van der Waals surface area contributed by atoms with Crippen LogP contribution in [-0.4, -0.2) is 95.8 Å². The Kier molecular flexibility index (Phi) is 8.04. The lowest BCUT2D eigenvalue weighted by Gasteiger charge is -2.35. The van der Waals surface area contributed by atoms with Gasteiger partial charge in [-0.1, -0.05) is 15.9 Å². The Balaban J connectivity index is 1.58. The van der Waals surface area contributed by atoms with Crippen molar-refractivity contribution in [2.24, 2.45) is 0 Å². The van der Waals surface area contributed by atoms with Gasteiger partial charge in [0.1, 0.15) is 5.69 Å². The zero-order valence-corrected chi connectivity index (χ0v) is 22.0. The van der Waals surface area contributed by atoms with Crippen LogP contribution in [0.2, 0.25) is 0 Å². The fourth-order valence-electron chi connectivity index (χ4n) is 4.60. The van der Waals surface area contributed by atoms with Crippen molar-refractivity contribution in [3.63, 3.8) is 0 Å². The maximum absolute atomic E-state index is 13.5. The largest absolute Gasteiger partial charge is 0.387 e. The topological polar surface area (TPSA) is 124 Å². The molecular weight excluding hydrogens is 530 g/mol. The normalized spacial score (nSPS) is 18.6. The molecule has 1 aromatic carbocycles. The van der Waals surface area contributed by atoms with Crippen LogP contribution in [0, 0.1) is 10.1 Å². The Labute approximate surface area is 218 Å². The van der Waals surface area contributed by atoms with Crippen LogP contribution in [0.15, 0.2) is 35.1 Å². The van der Waals surface area contributed by atoms with Crippen molar-refractivity contribution >= 4 is 44.8 Å². The molecule has 2 N–H and O–H groups in total. The SMILES string of the molecule is CNc1cncc(C(=O)N2CCCC(Nc3c(C(=O)N4CCN(C)CC4)cc(Br)cc3[N+](=O)[O-])C2)c1. The molecule has 0 radical (unpaired) electrons. The molecule has 2 aliphatic heterocycles. The van der Waals surface area contributed by atoms with Crippen LogP contribution in [0.1, 0.15) is 33.6 Å². The van der Waals surface area contributed by atoms with E-state index < -0.39 is 4.92 Å². The van der Waals surface area contributed by atoms with Gasteiger partial charge in [-0.15, -0.1) is 0 Å². The Hall–Kier alpha value is -3.25. The van der Waals surface area contributed by atoms with E-state index in [0.717, 1.165) is 25.2 Å². The number of aromatic nitrogens is 1. The minimum atomic E-state index is -0.478. The molecule has 2 aliphatic rings. The first kappa shape index (κ1) is 25.8. The number of carbonyl (C=O) groups excluding carboxylic acids is 2. The summed E-state index contributed by atoms with van der Waals surface area (Å²) < 4.78 is 0.467. The van der Waals surface area contributed by atoms with Crippen molar-refractivity contribution in [1.29, 1.82) is 0 Å². The van der Waals surface area contributed by atoms with Crippen LogP contribution < -0.4 is 10.6 Å². The molecule has 0 bridgehead atoms. The van der Waals surface area contributed by atoms with Crippen LogP contribution in [0.3, 0.4) is 0 Å². The van der Waals surface area contributed by atoms with Crippen LogP contribution in [0.5, 0.6) is 0 Å². The van der Waals surface area contributed by atoms with Crippen molar-refractivity contribution in [3.05, 3.63) is 56.3 Å². The monoisotopic (exact) mass is 559 g/mol. The number of nitro benzene ring substituents is 1. The molecule has 1 atom stereocenters. The summed E-state index contributed by atoms with van der Waals surface area (Å²) in [6, 6.07) is 4.54. The minimum Gasteiger partial charge on any atom is -0.387 e. The van der Waals surface area contributed by atoms with Gasteiger partial charge >= 0.3 is 0 Å². The number of piperazine rings is 1. The van der Waals surface area contributed by atoms with Gasteiger partial charge < -0.3 is 25.3 Å². The molecule has 0 saturated carbocycles. The minimum absolute atomic E-state index is 0.148. The number of likely N-dealkylation sites (tertiary alicyclic amines) is 1. The number of nitrogens with zero attached hydrogens (tertiary/aromatic N) is 5. The maximum Gasteiger partial charge on any atom is 0.294 e. The molecule has 2 fully saturated rings. The molecule has 0 aliphatic carbocycles. The molecule has 1 unspecified atom stereocenters. The van der Waals surface area contributed by atoms with E-state index in [9.17, 15) is 19.7 Å². The number of hydrogen-bond donors (Lipinski definition) is 2. The second kappa shape index (κ2) is 11.2. The zero-order valence-electron chi connectivity index (χ0n) is 20.4. The van der Waals surface area contributed by atoms with Gasteiger partial charge in [-0.2, -0.15) is 0 Å². The van der Waals surface area contributed by atoms with E-state index in [-0.39, 0.29) is 34.8 Å². The van der Waals surface area contributed by atoms with Gasteiger partial charge in [-0.25, -0.2) is 0 Å². The number of nitro groups is 1. The molecule has 2 amide bonds. The van der Waals surface area contributed by atoms with Gasteiger partial charge in [0.05, 0.1) is 21.7 Å². The fourth-order valence-corrected chi connectivity index (χ4v) is 5.04. The van der Waals surface area contributed by atoms with Crippen molar-refractivity contribution in [1.82, 2.24) is 19.7 Å². The van der Waals surface area contributed by atoms with Gasteiger partial charge in [0.15, 0.2) is 0 Å². The standard InChI is InChI=1S/C24H30BrN7O4/c1-26-19-10-16(13-27-14-19)23(33)31-5-3-4-18(15-31)28-22-20(11-17(25)12-21(22)32(35)36)24(34)30-8-6-29(2)7-9-30/h10-14,18,26,28H,3-9,15H2,1-2H3. The van der Waals surface area contributed by atoms with E-state index in [2.05, 4.69) is 36.4 Å². The third-order valence-electron chi connectivity index (χ3n) is 6.63. The highest BCUT2D eigenvalue weighted by molar-refractivity contribution is 9.10. The van der Waals surface area contributed by atoms with Crippen molar-refractivity contribution in [2.75, 3.05) is 64.0 Å². The van der Waals surface area contributed by atoms with E-state index in [1.165, 1.54) is 12.3 Å². The lowest BCUT2D eigenvalue weighted by molar-refractivity contribution is -0.384. The number of benzene rings is 1. The molecular formula is C24H30BrN7O4. The van der Waals surface area contributed by atoms with Crippen molar-refractivity contribution < 1.29 is 14.5 Å². The number of nitrogens with one attached hydrogen (secondary N) is 2. The summed E-state index contributed by atoms with van der Waals surface area (Å²) in [5.41, 5.74) is 1.50. The number of amides is 2. The smallest absolute Gasteiger partial charge is 0.294 e. The third kappa shape index (κ3) is 5.76. The number of piperidine rings is 1. The second-order valence-electron chi connectivity index (χ2n) is 9.15. The van der Waals surface area contributed by atoms with Gasteiger partial charge in [-0.3, -0.25) is 24.7 Å². The summed E-state index contributed by atoms with van der Waals surface area (Å²) in [5, 5.41) is 18.2. The van der Waals surface area contributed by atoms with Crippen molar-refractivity contribution in [3.8, 4) is 0 Å².